The first kappa shape index (κ1) is 13.2. The van der Waals surface area contributed by atoms with Crippen LogP contribution in [-0.2, 0) is 6.42 Å². The van der Waals surface area contributed by atoms with Gasteiger partial charge in [-0.15, -0.1) is 0 Å². The van der Waals surface area contributed by atoms with Crippen LogP contribution in [0.25, 0.3) is 0 Å². The van der Waals surface area contributed by atoms with Crippen molar-refractivity contribution >= 4 is 23.4 Å². The first-order chi connectivity index (χ1) is 8.29. The monoisotopic (exact) mass is 270 g/mol. The van der Waals surface area contributed by atoms with Crippen molar-refractivity contribution < 1.29 is 0 Å². The van der Waals surface area contributed by atoms with E-state index in [0.29, 0.717) is 11.3 Å². The van der Waals surface area contributed by atoms with Crippen molar-refractivity contribution in [2.24, 2.45) is 5.84 Å². The largest absolute Gasteiger partial charge is 0.271 e. The predicted molar refractivity (Wildman–Crippen MR) is 76.4 cm³/mol. The lowest BCUT2D eigenvalue weighted by atomic mass is 10.00. The average Bonchev–Trinajstić information content (AvgIpc) is 2.39. The first-order valence-electron chi connectivity index (χ1n) is 6.12. The van der Waals surface area contributed by atoms with Crippen LogP contribution in [-0.4, -0.2) is 17.0 Å². The van der Waals surface area contributed by atoms with Gasteiger partial charge in [0.25, 0.3) is 0 Å². The van der Waals surface area contributed by atoms with Gasteiger partial charge in [-0.1, -0.05) is 30.2 Å². The van der Waals surface area contributed by atoms with E-state index < -0.39 is 0 Å². The molecular weight excluding hydrogens is 252 g/mol. The van der Waals surface area contributed by atoms with Gasteiger partial charge in [-0.05, 0) is 42.7 Å². The highest BCUT2D eigenvalue weighted by Gasteiger charge is 2.23. The van der Waals surface area contributed by atoms with E-state index in [0.717, 1.165) is 11.4 Å². The molecule has 1 aliphatic rings. The molecule has 1 aromatic rings. The molecule has 2 nitrogen and oxygen atoms in total. The molecule has 4 heteroatoms. The summed E-state index contributed by atoms with van der Waals surface area (Å²) in [5.41, 5.74) is 4.28. The Morgan fingerprint density at radius 1 is 1.35 bits per heavy atom. The van der Waals surface area contributed by atoms with E-state index in [9.17, 15) is 0 Å². The van der Waals surface area contributed by atoms with Crippen molar-refractivity contribution in [2.45, 2.75) is 37.0 Å². The van der Waals surface area contributed by atoms with Crippen molar-refractivity contribution in [3.63, 3.8) is 0 Å². The molecule has 0 radical (unpaired) electrons. The lowest BCUT2D eigenvalue weighted by Crippen LogP contribution is -2.45. The molecule has 0 saturated carbocycles. The van der Waals surface area contributed by atoms with Crippen LogP contribution in [0.5, 0.6) is 0 Å². The minimum Gasteiger partial charge on any atom is -0.271 e. The lowest BCUT2D eigenvalue weighted by molar-refractivity contribution is 0.472. The second-order valence-electron chi connectivity index (χ2n) is 4.51. The Kier molecular flexibility index (Phi) is 5.16. The average molecular weight is 271 g/mol. The molecule has 1 fully saturated rings. The summed E-state index contributed by atoms with van der Waals surface area (Å²) >= 11 is 7.94. The Labute approximate surface area is 112 Å². The second kappa shape index (κ2) is 6.64. The fourth-order valence-electron chi connectivity index (χ4n) is 2.26. The maximum atomic E-state index is 5.89. The first-order valence-corrected chi connectivity index (χ1v) is 7.54. The quantitative estimate of drug-likeness (QED) is 0.653. The van der Waals surface area contributed by atoms with Crippen LogP contribution in [0.4, 0.5) is 0 Å². The number of nitrogens with one attached hydrogen (secondary N) is 1. The third-order valence-corrected chi connectivity index (χ3v) is 5.02. The van der Waals surface area contributed by atoms with Gasteiger partial charge in [0, 0.05) is 16.3 Å². The van der Waals surface area contributed by atoms with E-state index in [2.05, 4.69) is 17.6 Å². The number of rotatable bonds is 4. The van der Waals surface area contributed by atoms with Crippen LogP contribution in [0.2, 0.25) is 5.02 Å². The van der Waals surface area contributed by atoms with Crippen molar-refractivity contribution in [3.05, 3.63) is 34.9 Å². The molecule has 2 rings (SSSR count). The van der Waals surface area contributed by atoms with Crippen LogP contribution in [0.15, 0.2) is 24.3 Å². The summed E-state index contributed by atoms with van der Waals surface area (Å²) < 4.78 is 0. The Hall–Kier alpha value is -0.220. The fourth-order valence-corrected chi connectivity index (χ4v) is 3.80. The zero-order chi connectivity index (χ0) is 12.1. The van der Waals surface area contributed by atoms with E-state index in [4.69, 9.17) is 17.4 Å². The number of thioether (sulfide) groups is 1. The molecule has 1 heterocycles. The Bertz CT molecular complexity index is 336. The van der Waals surface area contributed by atoms with E-state index in [1.165, 1.54) is 30.6 Å². The van der Waals surface area contributed by atoms with Crippen LogP contribution in [0, 0.1) is 0 Å². The van der Waals surface area contributed by atoms with Crippen molar-refractivity contribution in [1.82, 2.24) is 5.43 Å². The summed E-state index contributed by atoms with van der Waals surface area (Å²) in [4.78, 5) is 0. The lowest BCUT2D eigenvalue weighted by Gasteiger charge is -2.29. The van der Waals surface area contributed by atoms with Gasteiger partial charge in [-0.2, -0.15) is 11.8 Å². The molecular formula is C13H19ClN2S. The third kappa shape index (κ3) is 3.88. The summed E-state index contributed by atoms with van der Waals surface area (Å²) in [6.45, 7) is 0. The molecule has 1 saturated heterocycles. The maximum Gasteiger partial charge on any atom is 0.0406 e. The van der Waals surface area contributed by atoms with Gasteiger partial charge < -0.3 is 0 Å². The summed E-state index contributed by atoms with van der Waals surface area (Å²) in [6, 6.07) is 8.42. The molecule has 0 aromatic heterocycles. The SMILES string of the molecule is NNC(Cc1ccc(Cl)cc1)C1CCCCS1. The third-order valence-electron chi connectivity index (χ3n) is 3.25. The smallest absolute Gasteiger partial charge is 0.0406 e. The van der Waals surface area contributed by atoms with Crippen LogP contribution in [0.1, 0.15) is 24.8 Å². The van der Waals surface area contributed by atoms with E-state index in [-0.39, 0.29) is 0 Å². The summed E-state index contributed by atoms with van der Waals surface area (Å²) in [6.07, 6.45) is 4.92. The Balaban J connectivity index is 1.96. The molecule has 0 aliphatic carbocycles. The zero-order valence-corrected chi connectivity index (χ0v) is 11.4. The van der Waals surface area contributed by atoms with Gasteiger partial charge in [-0.25, -0.2) is 0 Å². The number of benzene rings is 1. The fraction of sp³-hybridized carbons (Fsp3) is 0.538. The van der Waals surface area contributed by atoms with E-state index in [1.54, 1.807) is 0 Å². The molecule has 0 spiro atoms. The standard InChI is InChI=1S/C13H19ClN2S/c14-11-6-4-10(5-7-11)9-12(16-15)13-3-1-2-8-17-13/h4-7,12-13,16H,1-3,8-9,15H2. The molecule has 17 heavy (non-hydrogen) atoms. The number of hydrogen-bond donors (Lipinski definition) is 2. The molecule has 3 N–H and O–H groups in total. The van der Waals surface area contributed by atoms with Crippen molar-refractivity contribution in [1.29, 1.82) is 0 Å². The molecule has 2 unspecified atom stereocenters. The highest BCUT2D eigenvalue weighted by Crippen LogP contribution is 2.28. The predicted octanol–water partition coefficient (Wildman–Crippen LogP) is 3.00. The Morgan fingerprint density at radius 3 is 2.71 bits per heavy atom. The highest BCUT2D eigenvalue weighted by atomic mass is 35.5. The topological polar surface area (TPSA) is 38.0 Å². The minimum atomic E-state index is 0.362. The Morgan fingerprint density at radius 2 is 2.12 bits per heavy atom. The highest BCUT2D eigenvalue weighted by molar-refractivity contribution is 8.00. The normalized spacial score (nSPS) is 22.4. The maximum absolute atomic E-state index is 5.89. The van der Waals surface area contributed by atoms with Gasteiger partial charge in [0.05, 0.1) is 0 Å². The van der Waals surface area contributed by atoms with Gasteiger partial charge >= 0.3 is 0 Å². The molecule has 1 aromatic carbocycles. The van der Waals surface area contributed by atoms with E-state index in [1.807, 2.05) is 23.9 Å². The van der Waals surface area contributed by atoms with Gasteiger partial charge in [0.1, 0.15) is 0 Å². The number of hydrogen-bond acceptors (Lipinski definition) is 3. The molecule has 1 aliphatic heterocycles. The second-order valence-corrected chi connectivity index (χ2v) is 6.29. The summed E-state index contributed by atoms with van der Waals surface area (Å²) in [7, 11) is 0. The minimum absolute atomic E-state index is 0.362. The number of nitrogens with two attached hydrogens (primary N) is 1. The zero-order valence-electron chi connectivity index (χ0n) is 9.86. The molecule has 2 atom stereocenters. The van der Waals surface area contributed by atoms with Crippen molar-refractivity contribution in [2.75, 3.05) is 5.75 Å². The van der Waals surface area contributed by atoms with Gasteiger partial charge in [0.15, 0.2) is 0 Å². The van der Waals surface area contributed by atoms with Crippen LogP contribution >= 0.6 is 23.4 Å². The van der Waals surface area contributed by atoms with Crippen LogP contribution in [0.3, 0.4) is 0 Å². The summed E-state index contributed by atoms with van der Waals surface area (Å²) in [5, 5.41) is 1.43. The van der Waals surface area contributed by atoms with Gasteiger partial charge in [-0.3, -0.25) is 11.3 Å². The molecule has 0 bridgehead atoms. The molecule has 0 amide bonds. The molecule has 94 valence electrons. The van der Waals surface area contributed by atoms with Crippen molar-refractivity contribution in [3.8, 4) is 0 Å². The van der Waals surface area contributed by atoms with Gasteiger partial charge in [0.2, 0.25) is 0 Å². The number of hydrazine groups is 1. The number of halogens is 1. The van der Waals surface area contributed by atoms with E-state index >= 15 is 0 Å². The van der Waals surface area contributed by atoms with Crippen LogP contribution < -0.4 is 11.3 Å². The summed E-state index contributed by atoms with van der Waals surface area (Å²) in [5.74, 6) is 6.96.